The summed E-state index contributed by atoms with van der Waals surface area (Å²) in [6.45, 7) is 0. The van der Waals surface area contributed by atoms with Crippen LogP contribution in [0.15, 0.2) is 24.3 Å². The Labute approximate surface area is 85.5 Å². The zero-order chi connectivity index (χ0) is 11.6. The van der Waals surface area contributed by atoms with Crippen LogP contribution in [0.3, 0.4) is 0 Å². The molecule has 0 spiro atoms. The van der Waals surface area contributed by atoms with Gasteiger partial charge in [0.2, 0.25) is 0 Å². The summed E-state index contributed by atoms with van der Waals surface area (Å²) in [4.78, 5) is 10.7. The van der Waals surface area contributed by atoms with E-state index >= 15 is 0 Å². The molecule has 1 atom stereocenters. The third kappa shape index (κ3) is 2.74. The topological polar surface area (TPSA) is 95.2 Å². The minimum absolute atomic E-state index is 0.140. The van der Waals surface area contributed by atoms with Gasteiger partial charge in [0, 0.05) is 0 Å². The second-order valence-electron chi connectivity index (χ2n) is 2.81. The van der Waals surface area contributed by atoms with Crippen LogP contribution in [0.2, 0.25) is 0 Å². The Morgan fingerprint density at radius 2 is 1.80 bits per heavy atom. The number of amides is 1. The van der Waals surface area contributed by atoms with Gasteiger partial charge in [0.05, 0.1) is 0 Å². The molecule has 1 aromatic rings. The first kappa shape index (κ1) is 11.6. The molecule has 81 valence electrons. The molecule has 7 heteroatoms. The lowest BCUT2D eigenvalue weighted by Crippen LogP contribution is -2.22. The maximum absolute atomic E-state index is 12.5. The van der Waals surface area contributed by atoms with Crippen LogP contribution in [-0.4, -0.2) is 18.9 Å². The summed E-state index contributed by atoms with van der Waals surface area (Å²) in [6, 6.07) is 3.94. The molecule has 0 saturated heterocycles. The van der Waals surface area contributed by atoms with Gasteiger partial charge in [-0.05, 0) is 17.7 Å². The van der Waals surface area contributed by atoms with Crippen molar-refractivity contribution in [1.29, 1.82) is 0 Å². The van der Waals surface area contributed by atoms with E-state index in [-0.39, 0.29) is 5.56 Å². The lowest BCUT2D eigenvalue weighted by molar-refractivity contribution is -0.118. The van der Waals surface area contributed by atoms with Crippen molar-refractivity contribution in [3.05, 3.63) is 35.6 Å². The Hall–Kier alpha value is -1.47. The number of halogens is 1. The lowest BCUT2D eigenvalue weighted by atomic mass is 10.1. The van der Waals surface area contributed by atoms with Gasteiger partial charge >= 0.3 is 0 Å². The molecule has 1 radical (unpaired) electrons. The SMILES string of the molecule is [NH]C(=O)C(c1ccc(F)cc1)S(=O)(=O)O. The first-order chi connectivity index (χ1) is 6.82. The molecule has 0 saturated carbocycles. The van der Waals surface area contributed by atoms with Crippen molar-refractivity contribution >= 4 is 16.0 Å². The molecule has 1 rings (SSSR count). The fourth-order valence-electron chi connectivity index (χ4n) is 1.10. The molecule has 0 aliphatic rings. The van der Waals surface area contributed by atoms with Gasteiger partial charge in [-0.15, -0.1) is 0 Å². The molecule has 0 bridgehead atoms. The van der Waals surface area contributed by atoms with Gasteiger partial charge in [0.1, 0.15) is 5.82 Å². The highest BCUT2D eigenvalue weighted by Gasteiger charge is 2.31. The average molecular weight is 232 g/mol. The highest BCUT2D eigenvalue weighted by atomic mass is 32.2. The largest absolute Gasteiger partial charge is 0.285 e. The number of hydrogen-bond donors (Lipinski definition) is 1. The molecule has 0 aromatic heterocycles. The summed E-state index contributed by atoms with van der Waals surface area (Å²) in [6.07, 6.45) is 0. The van der Waals surface area contributed by atoms with Gasteiger partial charge in [-0.2, -0.15) is 8.42 Å². The summed E-state index contributed by atoms with van der Waals surface area (Å²) in [5, 5.41) is -1.97. The molecule has 0 aliphatic heterocycles. The van der Waals surface area contributed by atoms with E-state index in [4.69, 9.17) is 10.3 Å². The lowest BCUT2D eigenvalue weighted by Gasteiger charge is -2.09. The van der Waals surface area contributed by atoms with Crippen LogP contribution < -0.4 is 5.73 Å². The number of carbonyl (C=O) groups is 1. The first-order valence-corrected chi connectivity index (χ1v) is 5.30. The van der Waals surface area contributed by atoms with Crippen LogP contribution in [0.1, 0.15) is 10.8 Å². The van der Waals surface area contributed by atoms with Crippen molar-refractivity contribution in [2.45, 2.75) is 5.25 Å². The van der Waals surface area contributed by atoms with Crippen molar-refractivity contribution in [2.24, 2.45) is 0 Å². The predicted octanol–water partition coefficient (Wildman–Crippen LogP) is 0.564. The highest BCUT2D eigenvalue weighted by molar-refractivity contribution is 7.86. The van der Waals surface area contributed by atoms with Crippen molar-refractivity contribution in [3.8, 4) is 0 Å². The average Bonchev–Trinajstić information content (AvgIpc) is 2.05. The second kappa shape index (κ2) is 3.95. The van der Waals surface area contributed by atoms with Crippen LogP contribution in [0.5, 0.6) is 0 Å². The highest BCUT2D eigenvalue weighted by Crippen LogP contribution is 2.21. The van der Waals surface area contributed by atoms with Crippen LogP contribution in [-0.2, 0) is 14.9 Å². The molecule has 15 heavy (non-hydrogen) atoms. The summed E-state index contributed by atoms with van der Waals surface area (Å²) in [5.41, 5.74) is 6.57. The number of nitrogens with one attached hydrogen (secondary N) is 1. The third-order valence-corrected chi connectivity index (χ3v) is 2.79. The van der Waals surface area contributed by atoms with E-state index in [1.165, 1.54) is 0 Å². The minimum Gasteiger partial charge on any atom is -0.285 e. The molecule has 2 N–H and O–H groups in total. The molecular weight excluding hydrogens is 225 g/mol. The van der Waals surface area contributed by atoms with Crippen LogP contribution >= 0.6 is 0 Å². The van der Waals surface area contributed by atoms with E-state index in [0.717, 1.165) is 24.3 Å². The Bertz CT molecular complexity index is 468. The fraction of sp³-hybridized carbons (Fsp3) is 0.125. The molecule has 5 nitrogen and oxygen atoms in total. The van der Waals surface area contributed by atoms with Crippen molar-refractivity contribution in [3.63, 3.8) is 0 Å². The second-order valence-corrected chi connectivity index (χ2v) is 4.31. The summed E-state index contributed by atoms with van der Waals surface area (Å²) in [7, 11) is -4.69. The summed E-state index contributed by atoms with van der Waals surface area (Å²) < 4.78 is 42.8. The van der Waals surface area contributed by atoms with E-state index in [1.807, 2.05) is 0 Å². The van der Waals surface area contributed by atoms with Crippen molar-refractivity contribution < 1.29 is 22.2 Å². The van der Waals surface area contributed by atoms with Crippen LogP contribution in [0, 0.1) is 5.82 Å². The molecule has 0 aliphatic carbocycles. The monoisotopic (exact) mass is 232 g/mol. The molecule has 1 unspecified atom stereocenters. The van der Waals surface area contributed by atoms with E-state index in [1.54, 1.807) is 0 Å². The van der Waals surface area contributed by atoms with Gasteiger partial charge in [0.15, 0.2) is 5.25 Å². The van der Waals surface area contributed by atoms with Gasteiger partial charge in [0.25, 0.3) is 16.0 Å². The number of hydrogen-bond acceptors (Lipinski definition) is 3. The first-order valence-electron chi connectivity index (χ1n) is 3.79. The standard InChI is InChI=1S/C8H7FNO4S/c9-6-3-1-5(2-4-6)7(8(10)11)15(12,13)14/h1-4,7,10H,(H,12,13,14). The van der Waals surface area contributed by atoms with Gasteiger partial charge in [-0.1, -0.05) is 12.1 Å². The normalized spacial score (nSPS) is 13.5. The van der Waals surface area contributed by atoms with E-state index < -0.39 is 27.1 Å². The summed E-state index contributed by atoms with van der Waals surface area (Å²) in [5.74, 6) is -2.07. The fourth-order valence-corrected chi connectivity index (χ4v) is 1.87. The molecule has 1 aromatic carbocycles. The Morgan fingerprint density at radius 3 is 2.13 bits per heavy atom. The Morgan fingerprint density at radius 1 is 1.33 bits per heavy atom. The Kier molecular flexibility index (Phi) is 3.06. The number of rotatable bonds is 3. The quantitative estimate of drug-likeness (QED) is 0.770. The van der Waals surface area contributed by atoms with Crippen LogP contribution in [0.4, 0.5) is 4.39 Å². The van der Waals surface area contributed by atoms with Gasteiger partial charge in [-0.25, -0.2) is 4.39 Å². The zero-order valence-corrected chi connectivity index (χ0v) is 8.16. The van der Waals surface area contributed by atoms with Gasteiger partial charge < -0.3 is 0 Å². The zero-order valence-electron chi connectivity index (χ0n) is 7.34. The van der Waals surface area contributed by atoms with E-state index in [0.29, 0.717) is 0 Å². The van der Waals surface area contributed by atoms with E-state index in [9.17, 15) is 17.6 Å². The smallest absolute Gasteiger partial charge is 0.281 e. The molecule has 1 amide bonds. The molecular formula is C8H7FNO4S. The maximum atomic E-state index is 12.5. The number of carbonyl (C=O) groups excluding carboxylic acids is 1. The summed E-state index contributed by atoms with van der Waals surface area (Å²) >= 11 is 0. The number of benzene rings is 1. The van der Waals surface area contributed by atoms with Gasteiger partial charge in [-0.3, -0.25) is 15.1 Å². The molecule has 0 fully saturated rings. The van der Waals surface area contributed by atoms with Crippen molar-refractivity contribution in [1.82, 2.24) is 5.73 Å². The minimum atomic E-state index is -4.69. The van der Waals surface area contributed by atoms with E-state index in [2.05, 4.69) is 0 Å². The van der Waals surface area contributed by atoms with Crippen LogP contribution in [0.25, 0.3) is 0 Å². The molecule has 0 heterocycles. The maximum Gasteiger partial charge on any atom is 0.281 e. The Balaban J connectivity index is 3.23. The predicted molar refractivity (Wildman–Crippen MR) is 48.8 cm³/mol. The third-order valence-electron chi connectivity index (χ3n) is 1.71. The van der Waals surface area contributed by atoms with Crippen molar-refractivity contribution in [2.75, 3.05) is 0 Å².